The van der Waals surface area contributed by atoms with E-state index in [-0.39, 0.29) is 18.1 Å². The zero-order chi connectivity index (χ0) is 15.2. The second-order valence-electron chi connectivity index (χ2n) is 4.91. The van der Waals surface area contributed by atoms with Gasteiger partial charge in [0.15, 0.2) is 5.82 Å². The molecule has 0 radical (unpaired) electrons. The Morgan fingerprint density at radius 2 is 2.05 bits per heavy atom. The van der Waals surface area contributed by atoms with Gasteiger partial charge in [-0.05, 0) is 26.8 Å². The molecular formula is C13H19FN4O2. The number of carbonyl (C=O) groups excluding carboxylic acids is 2. The minimum Gasteiger partial charge on any atom is -0.356 e. The van der Waals surface area contributed by atoms with Gasteiger partial charge in [0, 0.05) is 19.3 Å². The number of carbonyl (C=O) groups is 2. The number of nitrogens with zero attached hydrogens (tertiary/aromatic N) is 1. The van der Waals surface area contributed by atoms with Crippen LogP contribution in [0.1, 0.15) is 20.8 Å². The summed E-state index contributed by atoms with van der Waals surface area (Å²) in [5.74, 6) is -0.777. The zero-order valence-corrected chi connectivity index (χ0v) is 11.8. The normalized spacial score (nSPS) is 10.8. The highest BCUT2D eigenvalue weighted by atomic mass is 19.1. The maximum absolute atomic E-state index is 13.3. The molecule has 0 spiro atoms. The minimum absolute atomic E-state index is 0.0355. The molecule has 0 saturated carbocycles. The molecule has 0 aromatic carbocycles. The van der Waals surface area contributed by atoms with E-state index < -0.39 is 17.3 Å². The largest absolute Gasteiger partial charge is 0.356 e. The van der Waals surface area contributed by atoms with Gasteiger partial charge in [-0.2, -0.15) is 0 Å². The van der Waals surface area contributed by atoms with E-state index in [2.05, 4.69) is 20.9 Å². The first-order chi connectivity index (χ1) is 9.36. The fourth-order valence-corrected chi connectivity index (χ4v) is 1.42. The van der Waals surface area contributed by atoms with Crippen LogP contribution in [0.2, 0.25) is 0 Å². The number of aromatic nitrogens is 1. The van der Waals surface area contributed by atoms with Crippen LogP contribution in [-0.2, 0) is 4.79 Å². The van der Waals surface area contributed by atoms with Gasteiger partial charge >= 0.3 is 6.03 Å². The van der Waals surface area contributed by atoms with Crippen molar-refractivity contribution in [2.75, 3.05) is 18.4 Å². The minimum atomic E-state index is -0.746. The Bertz CT molecular complexity index is 491. The van der Waals surface area contributed by atoms with E-state index in [1.165, 1.54) is 12.3 Å². The van der Waals surface area contributed by atoms with Crippen LogP contribution in [0.4, 0.5) is 14.9 Å². The molecule has 0 unspecified atom stereocenters. The van der Waals surface area contributed by atoms with Gasteiger partial charge in [0.25, 0.3) is 0 Å². The highest BCUT2D eigenvalue weighted by Crippen LogP contribution is 2.14. The molecule has 0 bridgehead atoms. The molecule has 0 fully saturated rings. The van der Waals surface area contributed by atoms with Gasteiger partial charge in [0.05, 0.1) is 17.3 Å². The summed E-state index contributed by atoms with van der Waals surface area (Å²) < 4.78 is 13.3. The lowest BCUT2D eigenvalue weighted by Crippen LogP contribution is -2.45. The van der Waals surface area contributed by atoms with Crippen LogP contribution >= 0.6 is 0 Å². The smallest absolute Gasteiger partial charge is 0.319 e. The molecule has 0 aliphatic rings. The lowest BCUT2D eigenvalue weighted by molar-refractivity contribution is -0.128. The van der Waals surface area contributed by atoms with Gasteiger partial charge in [0.2, 0.25) is 5.91 Å². The van der Waals surface area contributed by atoms with E-state index in [4.69, 9.17) is 0 Å². The molecule has 110 valence electrons. The van der Waals surface area contributed by atoms with E-state index in [9.17, 15) is 14.0 Å². The molecule has 0 aliphatic heterocycles. The molecule has 1 aromatic heterocycles. The Kier molecular flexibility index (Phi) is 5.42. The van der Waals surface area contributed by atoms with Crippen molar-refractivity contribution in [3.8, 4) is 0 Å². The Morgan fingerprint density at radius 3 is 2.65 bits per heavy atom. The van der Waals surface area contributed by atoms with Crippen LogP contribution < -0.4 is 16.0 Å². The number of amides is 3. The van der Waals surface area contributed by atoms with Crippen LogP contribution in [0.5, 0.6) is 0 Å². The van der Waals surface area contributed by atoms with Gasteiger partial charge in [-0.15, -0.1) is 0 Å². The first-order valence-electron chi connectivity index (χ1n) is 6.29. The lowest BCUT2D eigenvalue weighted by Gasteiger charge is -2.23. The number of halogens is 1. The van der Waals surface area contributed by atoms with Gasteiger partial charge < -0.3 is 16.0 Å². The van der Waals surface area contributed by atoms with Crippen molar-refractivity contribution in [2.45, 2.75) is 20.8 Å². The van der Waals surface area contributed by atoms with Gasteiger partial charge in [-0.25, -0.2) is 9.18 Å². The quantitative estimate of drug-likeness (QED) is 0.765. The Labute approximate surface area is 117 Å². The van der Waals surface area contributed by atoms with Crippen molar-refractivity contribution in [2.24, 2.45) is 5.41 Å². The SMILES string of the molecule is CCNC(=O)C(C)(C)CNC(=O)Nc1ccncc1F. The highest BCUT2D eigenvalue weighted by molar-refractivity contribution is 5.90. The maximum Gasteiger partial charge on any atom is 0.319 e. The summed E-state index contributed by atoms with van der Waals surface area (Å²) in [6.45, 7) is 5.91. The van der Waals surface area contributed by atoms with E-state index in [0.717, 1.165) is 6.20 Å². The molecule has 20 heavy (non-hydrogen) atoms. The summed E-state index contributed by atoms with van der Waals surface area (Å²) >= 11 is 0. The van der Waals surface area contributed by atoms with E-state index >= 15 is 0 Å². The molecule has 0 atom stereocenters. The Hall–Kier alpha value is -2.18. The predicted molar refractivity (Wildman–Crippen MR) is 73.7 cm³/mol. The van der Waals surface area contributed by atoms with E-state index in [1.807, 2.05) is 6.92 Å². The van der Waals surface area contributed by atoms with Crippen LogP contribution in [0.15, 0.2) is 18.5 Å². The third kappa shape index (κ3) is 4.49. The number of pyridine rings is 1. The highest BCUT2D eigenvalue weighted by Gasteiger charge is 2.27. The fraction of sp³-hybridized carbons (Fsp3) is 0.462. The van der Waals surface area contributed by atoms with Crippen molar-refractivity contribution >= 4 is 17.6 Å². The number of rotatable bonds is 5. The van der Waals surface area contributed by atoms with Crippen LogP contribution in [0, 0.1) is 11.2 Å². The molecule has 0 saturated heterocycles. The van der Waals surface area contributed by atoms with Crippen molar-refractivity contribution in [1.82, 2.24) is 15.6 Å². The third-order valence-electron chi connectivity index (χ3n) is 2.66. The summed E-state index contributed by atoms with van der Waals surface area (Å²) in [7, 11) is 0. The van der Waals surface area contributed by atoms with Crippen LogP contribution in [0.25, 0.3) is 0 Å². The number of nitrogens with one attached hydrogen (secondary N) is 3. The van der Waals surface area contributed by atoms with Crippen LogP contribution in [0.3, 0.4) is 0 Å². The molecule has 1 aromatic rings. The molecule has 0 aliphatic carbocycles. The molecule has 6 nitrogen and oxygen atoms in total. The number of hydrogen-bond acceptors (Lipinski definition) is 3. The molecule has 3 amide bonds. The van der Waals surface area contributed by atoms with Gasteiger partial charge in [-0.1, -0.05) is 0 Å². The first kappa shape index (κ1) is 15.9. The topological polar surface area (TPSA) is 83.1 Å². The molecular weight excluding hydrogens is 263 g/mol. The fourth-order valence-electron chi connectivity index (χ4n) is 1.42. The monoisotopic (exact) mass is 282 g/mol. The predicted octanol–water partition coefficient (Wildman–Crippen LogP) is 1.50. The third-order valence-corrected chi connectivity index (χ3v) is 2.66. The second kappa shape index (κ2) is 6.83. The summed E-state index contributed by atoms with van der Waals surface area (Å²) in [6, 6.07) is 0.775. The molecule has 7 heteroatoms. The average molecular weight is 282 g/mol. The summed E-state index contributed by atoms with van der Waals surface area (Å²) in [4.78, 5) is 27.0. The summed E-state index contributed by atoms with van der Waals surface area (Å²) in [6.07, 6.45) is 2.38. The van der Waals surface area contributed by atoms with Crippen molar-refractivity contribution in [3.05, 3.63) is 24.3 Å². The molecule has 1 rings (SSSR count). The zero-order valence-electron chi connectivity index (χ0n) is 11.8. The summed E-state index contributed by atoms with van der Waals surface area (Å²) in [5.41, 5.74) is -0.710. The number of anilines is 1. The first-order valence-corrected chi connectivity index (χ1v) is 6.29. The summed E-state index contributed by atoms with van der Waals surface area (Å²) in [5, 5.41) is 7.59. The van der Waals surface area contributed by atoms with Crippen molar-refractivity contribution in [1.29, 1.82) is 0 Å². The van der Waals surface area contributed by atoms with Crippen LogP contribution in [-0.4, -0.2) is 30.0 Å². The molecule has 3 N–H and O–H groups in total. The van der Waals surface area contributed by atoms with Crippen molar-refractivity contribution < 1.29 is 14.0 Å². The lowest BCUT2D eigenvalue weighted by atomic mass is 9.92. The Morgan fingerprint density at radius 1 is 1.35 bits per heavy atom. The second-order valence-corrected chi connectivity index (χ2v) is 4.91. The van der Waals surface area contributed by atoms with E-state index in [0.29, 0.717) is 6.54 Å². The maximum atomic E-state index is 13.3. The number of urea groups is 1. The standard InChI is InChI=1S/C13H19FN4O2/c1-4-16-11(19)13(2,3)8-17-12(20)18-10-5-6-15-7-9(10)14/h5-7H,4,8H2,1-3H3,(H,16,19)(H2,15,17,18,20). The van der Waals surface area contributed by atoms with Crippen molar-refractivity contribution in [3.63, 3.8) is 0 Å². The average Bonchev–Trinajstić information content (AvgIpc) is 2.39. The van der Waals surface area contributed by atoms with Gasteiger partial charge in [-0.3, -0.25) is 9.78 Å². The molecule has 1 heterocycles. The van der Waals surface area contributed by atoms with E-state index in [1.54, 1.807) is 13.8 Å². The number of hydrogen-bond donors (Lipinski definition) is 3. The Balaban J connectivity index is 2.52. The van der Waals surface area contributed by atoms with Gasteiger partial charge in [0.1, 0.15) is 0 Å².